The van der Waals surface area contributed by atoms with Crippen molar-refractivity contribution in [2.75, 3.05) is 18.1 Å². The van der Waals surface area contributed by atoms with Crippen LogP contribution in [0.5, 0.6) is 0 Å². The van der Waals surface area contributed by atoms with Crippen molar-refractivity contribution in [3.63, 3.8) is 0 Å². The van der Waals surface area contributed by atoms with Crippen LogP contribution < -0.4 is 5.32 Å². The van der Waals surface area contributed by atoms with E-state index in [4.69, 9.17) is 0 Å². The van der Waals surface area contributed by atoms with Gasteiger partial charge in [0, 0.05) is 24.2 Å². The van der Waals surface area contributed by atoms with Gasteiger partial charge in [0.25, 0.3) is 0 Å². The molecule has 0 saturated carbocycles. The first-order chi connectivity index (χ1) is 7.74. The molecule has 1 rings (SSSR count). The van der Waals surface area contributed by atoms with Crippen molar-refractivity contribution in [2.24, 2.45) is 5.92 Å². The fourth-order valence-electron chi connectivity index (χ4n) is 1.52. The summed E-state index contributed by atoms with van der Waals surface area (Å²) in [5, 5.41) is 3.51. The van der Waals surface area contributed by atoms with E-state index in [1.54, 1.807) is 0 Å². The number of pyridine rings is 1. The molecule has 1 atom stereocenters. The lowest BCUT2D eigenvalue weighted by Crippen LogP contribution is -2.23. The molecule has 1 N–H and O–H groups in total. The van der Waals surface area contributed by atoms with Crippen LogP contribution >= 0.6 is 11.8 Å². The minimum absolute atomic E-state index is 0.433. The lowest BCUT2D eigenvalue weighted by molar-refractivity contribution is 0.603. The molecule has 0 bridgehead atoms. The predicted molar refractivity (Wildman–Crippen MR) is 72.8 cm³/mol. The van der Waals surface area contributed by atoms with Crippen molar-refractivity contribution >= 4 is 11.8 Å². The Balaban J connectivity index is 2.48. The Kier molecular flexibility index (Phi) is 6.50. The summed E-state index contributed by atoms with van der Waals surface area (Å²) in [7, 11) is 0. The van der Waals surface area contributed by atoms with Crippen LogP contribution in [0.25, 0.3) is 0 Å². The molecule has 0 aliphatic carbocycles. The zero-order valence-corrected chi connectivity index (χ0v) is 11.3. The highest BCUT2D eigenvalue weighted by Crippen LogP contribution is 2.19. The Labute approximate surface area is 103 Å². The van der Waals surface area contributed by atoms with Crippen LogP contribution in [-0.2, 0) is 0 Å². The van der Waals surface area contributed by atoms with Crippen molar-refractivity contribution in [3.05, 3.63) is 30.1 Å². The van der Waals surface area contributed by atoms with Crippen molar-refractivity contribution in [2.45, 2.75) is 26.8 Å². The fraction of sp³-hybridized carbons (Fsp3) is 0.615. The van der Waals surface area contributed by atoms with E-state index >= 15 is 0 Å². The minimum Gasteiger partial charge on any atom is -0.309 e. The van der Waals surface area contributed by atoms with Gasteiger partial charge in [-0.15, -0.1) is 0 Å². The SMILES string of the molecule is CCNC(CSCC(C)C)c1cccnc1. The average Bonchev–Trinajstić information content (AvgIpc) is 2.29. The first-order valence-corrected chi connectivity index (χ1v) is 7.10. The molecule has 0 saturated heterocycles. The second kappa shape index (κ2) is 7.69. The summed E-state index contributed by atoms with van der Waals surface area (Å²) in [6, 6.07) is 4.59. The van der Waals surface area contributed by atoms with E-state index in [0.717, 1.165) is 18.2 Å². The van der Waals surface area contributed by atoms with Crippen LogP contribution in [0.2, 0.25) is 0 Å². The monoisotopic (exact) mass is 238 g/mol. The molecule has 0 aromatic carbocycles. The first-order valence-electron chi connectivity index (χ1n) is 5.95. The lowest BCUT2D eigenvalue weighted by Gasteiger charge is -2.18. The molecule has 90 valence electrons. The third-order valence-corrected chi connectivity index (χ3v) is 3.74. The molecule has 3 heteroatoms. The predicted octanol–water partition coefficient (Wildman–Crippen LogP) is 3.12. The van der Waals surface area contributed by atoms with Crippen molar-refractivity contribution in [1.82, 2.24) is 10.3 Å². The second-order valence-electron chi connectivity index (χ2n) is 4.33. The lowest BCUT2D eigenvalue weighted by atomic mass is 10.1. The summed E-state index contributed by atoms with van der Waals surface area (Å²) in [6.45, 7) is 7.68. The molecule has 2 nitrogen and oxygen atoms in total. The van der Waals surface area contributed by atoms with E-state index in [2.05, 4.69) is 37.1 Å². The molecule has 0 fully saturated rings. The number of thioether (sulfide) groups is 1. The summed E-state index contributed by atoms with van der Waals surface area (Å²) in [5.41, 5.74) is 1.29. The average molecular weight is 238 g/mol. The molecule has 0 aliphatic rings. The van der Waals surface area contributed by atoms with Gasteiger partial charge in [0.15, 0.2) is 0 Å². The van der Waals surface area contributed by atoms with Gasteiger partial charge in [0.2, 0.25) is 0 Å². The smallest absolute Gasteiger partial charge is 0.0427 e. The van der Waals surface area contributed by atoms with Gasteiger partial charge in [-0.25, -0.2) is 0 Å². The van der Waals surface area contributed by atoms with Gasteiger partial charge < -0.3 is 5.32 Å². The van der Waals surface area contributed by atoms with E-state index in [-0.39, 0.29) is 0 Å². The molecule has 16 heavy (non-hydrogen) atoms. The second-order valence-corrected chi connectivity index (χ2v) is 5.40. The summed E-state index contributed by atoms with van der Waals surface area (Å²) in [5.74, 6) is 3.11. The van der Waals surface area contributed by atoms with Crippen LogP contribution in [-0.4, -0.2) is 23.0 Å². The highest BCUT2D eigenvalue weighted by molar-refractivity contribution is 7.99. The summed E-state index contributed by atoms with van der Waals surface area (Å²) in [6.07, 6.45) is 3.79. The third kappa shape index (κ3) is 4.99. The summed E-state index contributed by atoms with van der Waals surface area (Å²) >= 11 is 2.01. The van der Waals surface area contributed by atoms with Crippen LogP contribution in [0.3, 0.4) is 0 Å². The Bertz CT molecular complexity index is 275. The van der Waals surface area contributed by atoms with Gasteiger partial charge in [-0.2, -0.15) is 11.8 Å². The van der Waals surface area contributed by atoms with Crippen LogP contribution in [0.4, 0.5) is 0 Å². The van der Waals surface area contributed by atoms with E-state index in [0.29, 0.717) is 6.04 Å². The van der Waals surface area contributed by atoms with E-state index < -0.39 is 0 Å². The number of nitrogens with one attached hydrogen (secondary N) is 1. The maximum Gasteiger partial charge on any atom is 0.0427 e. The summed E-state index contributed by atoms with van der Waals surface area (Å²) < 4.78 is 0. The number of rotatable bonds is 7. The highest BCUT2D eigenvalue weighted by atomic mass is 32.2. The van der Waals surface area contributed by atoms with Crippen molar-refractivity contribution in [3.8, 4) is 0 Å². The molecular formula is C13H22N2S. The van der Waals surface area contributed by atoms with Crippen LogP contribution in [0.15, 0.2) is 24.5 Å². The standard InChI is InChI=1S/C13H22N2S/c1-4-15-13(10-16-9-11(2)3)12-6-5-7-14-8-12/h5-8,11,13,15H,4,9-10H2,1-3H3. The molecule has 1 heterocycles. The Morgan fingerprint density at radius 2 is 2.19 bits per heavy atom. The molecule has 0 amide bonds. The number of nitrogens with zero attached hydrogens (tertiary/aromatic N) is 1. The van der Waals surface area contributed by atoms with E-state index in [1.165, 1.54) is 11.3 Å². The van der Waals surface area contributed by atoms with Crippen LogP contribution in [0.1, 0.15) is 32.4 Å². The first kappa shape index (κ1) is 13.5. The topological polar surface area (TPSA) is 24.9 Å². The van der Waals surface area contributed by atoms with Gasteiger partial charge in [-0.1, -0.05) is 26.8 Å². The largest absolute Gasteiger partial charge is 0.309 e. The highest BCUT2D eigenvalue weighted by Gasteiger charge is 2.10. The van der Waals surface area contributed by atoms with Crippen molar-refractivity contribution in [1.29, 1.82) is 0 Å². The Morgan fingerprint density at radius 3 is 2.75 bits per heavy atom. The van der Waals surface area contributed by atoms with Gasteiger partial charge in [-0.3, -0.25) is 4.98 Å². The van der Waals surface area contributed by atoms with E-state index in [1.807, 2.05) is 30.2 Å². The number of aromatic nitrogens is 1. The normalized spacial score (nSPS) is 13.0. The third-order valence-electron chi connectivity index (χ3n) is 2.27. The fourth-order valence-corrected chi connectivity index (χ4v) is 2.68. The number of hydrogen-bond donors (Lipinski definition) is 1. The quantitative estimate of drug-likeness (QED) is 0.790. The Hall–Kier alpha value is -0.540. The molecule has 1 aromatic rings. The molecule has 0 spiro atoms. The molecule has 0 aliphatic heterocycles. The van der Waals surface area contributed by atoms with Gasteiger partial charge in [0.05, 0.1) is 0 Å². The molecule has 1 aromatic heterocycles. The van der Waals surface area contributed by atoms with E-state index in [9.17, 15) is 0 Å². The zero-order valence-electron chi connectivity index (χ0n) is 10.4. The summed E-state index contributed by atoms with van der Waals surface area (Å²) in [4.78, 5) is 4.18. The Morgan fingerprint density at radius 1 is 1.38 bits per heavy atom. The molecule has 1 unspecified atom stereocenters. The van der Waals surface area contributed by atoms with Crippen LogP contribution in [0, 0.1) is 5.92 Å². The molecular weight excluding hydrogens is 216 g/mol. The van der Waals surface area contributed by atoms with Gasteiger partial charge in [-0.05, 0) is 29.8 Å². The zero-order chi connectivity index (χ0) is 11.8. The molecule has 0 radical (unpaired) electrons. The van der Waals surface area contributed by atoms with Gasteiger partial charge >= 0.3 is 0 Å². The van der Waals surface area contributed by atoms with Crippen molar-refractivity contribution < 1.29 is 0 Å². The number of hydrogen-bond acceptors (Lipinski definition) is 3. The maximum atomic E-state index is 4.18. The minimum atomic E-state index is 0.433. The maximum absolute atomic E-state index is 4.18. The van der Waals surface area contributed by atoms with Gasteiger partial charge in [0.1, 0.15) is 0 Å².